The molecule has 6 nitrogen and oxygen atoms in total. The van der Waals surface area contributed by atoms with Gasteiger partial charge in [-0.3, -0.25) is 9.59 Å². The van der Waals surface area contributed by atoms with Crippen LogP contribution in [0.3, 0.4) is 0 Å². The number of nitrogens with one attached hydrogen (secondary N) is 2. The summed E-state index contributed by atoms with van der Waals surface area (Å²) in [7, 11) is 0. The SMILES string of the molecule is CC(=O)Nc1ccc(NC(=O)[C@@H](C)OC(=O)c2cc3c(s2)CC[C@@H](C)C3)cc1. The number of hydrogen-bond donors (Lipinski definition) is 2. The number of fused-ring (bicyclic) bond motifs is 1. The lowest BCUT2D eigenvalue weighted by Crippen LogP contribution is -2.29. The molecule has 0 bridgehead atoms. The fourth-order valence-corrected chi connectivity index (χ4v) is 4.25. The number of carbonyl (C=O) groups excluding carboxylic acids is 3. The van der Waals surface area contributed by atoms with Gasteiger partial charge in [0.2, 0.25) is 5.91 Å². The minimum Gasteiger partial charge on any atom is -0.448 e. The molecule has 0 saturated carbocycles. The molecule has 0 saturated heterocycles. The summed E-state index contributed by atoms with van der Waals surface area (Å²) in [5, 5.41) is 5.36. The highest BCUT2D eigenvalue weighted by Crippen LogP contribution is 2.32. The maximum atomic E-state index is 12.4. The van der Waals surface area contributed by atoms with Gasteiger partial charge in [-0.2, -0.15) is 0 Å². The van der Waals surface area contributed by atoms with E-state index in [9.17, 15) is 14.4 Å². The molecule has 148 valence electrons. The predicted octanol–water partition coefficient (Wildman–Crippen LogP) is 4.02. The van der Waals surface area contributed by atoms with E-state index < -0.39 is 18.0 Å². The zero-order valence-corrected chi connectivity index (χ0v) is 17.0. The van der Waals surface area contributed by atoms with Crippen LogP contribution in [0.5, 0.6) is 0 Å². The van der Waals surface area contributed by atoms with Crippen LogP contribution in [0.25, 0.3) is 0 Å². The van der Waals surface area contributed by atoms with Gasteiger partial charge in [0, 0.05) is 23.2 Å². The standard InChI is InChI=1S/C21H24N2O4S/c1-12-4-9-18-15(10-12)11-19(28-18)21(26)27-13(2)20(25)23-17-7-5-16(6-8-17)22-14(3)24/h5-8,11-13H,4,9-10H2,1-3H3,(H,22,24)(H,23,25)/t12-,13-/m1/s1. The summed E-state index contributed by atoms with van der Waals surface area (Å²) in [6.07, 6.45) is 2.21. The highest BCUT2D eigenvalue weighted by Gasteiger charge is 2.24. The summed E-state index contributed by atoms with van der Waals surface area (Å²) in [6, 6.07) is 8.62. The van der Waals surface area contributed by atoms with Crippen molar-refractivity contribution in [3.8, 4) is 0 Å². The second-order valence-electron chi connectivity index (χ2n) is 7.20. The molecule has 0 spiro atoms. The average Bonchev–Trinajstić information content (AvgIpc) is 3.06. The third kappa shape index (κ3) is 4.98. The number of ether oxygens (including phenoxy) is 1. The van der Waals surface area contributed by atoms with Crippen LogP contribution < -0.4 is 10.6 Å². The Bertz CT molecular complexity index is 888. The normalized spacial score (nSPS) is 16.6. The fourth-order valence-electron chi connectivity index (χ4n) is 3.16. The number of anilines is 2. The van der Waals surface area contributed by atoms with Gasteiger partial charge in [0.25, 0.3) is 5.91 Å². The second-order valence-corrected chi connectivity index (χ2v) is 8.34. The van der Waals surface area contributed by atoms with E-state index in [0.29, 0.717) is 22.2 Å². The molecule has 0 fully saturated rings. The number of rotatable bonds is 5. The first-order chi connectivity index (χ1) is 13.3. The summed E-state index contributed by atoms with van der Waals surface area (Å²) >= 11 is 1.47. The van der Waals surface area contributed by atoms with E-state index in [0.717, 1.165) is 19.3 Å². The van der Waals surface area contributed by atoms with E-state index in [-0.39, 0.29) is 5.91 Å². The first-order valence-electron chi connectivity index (χ1n) is 9.33. The van der Waals surface area contributed by atoms with Crippen molar-refractivity contribution in [1.82, 2.24) is 0 Å². The minimum absolute atomic E-state index is 0.165. The first kappa shape index (κ1) is 20.1. The van der Waals surface area contributed by atoms with Gasteiger partial charge in [-0.25, -0.2) is 4.79 Å². The molecule has 2 N–H and O–H groups in total. The van der Waals surface area contributed by atoms with Gasteiger partial charge in [-0.05, 0) is 68.0 Å². The topological polar surface area (TPSA) is 84.5 Å². The second kappa shape index (κ2) is 8.56. The number of benzene rings is 1. The molecule has 2 amide bonds. The lowest BCUT2D eigenvalue weighted by atomic mass is 9.90. The number of esters is 1. The van der Waals surface area contributed by atoms with Crippen LogP contribution in [0.15, 0.2) is 30.3 Å². The van der Waals surface area contributed by atoms with Crippen LogP contribution in [0, 0.1) is 5.92 Å². The molecule has 1 heterocycles. The van der Waals surface area contributed by atoms with Crippen molar-refractivity contribution in [2.45, 2.75) is 46.1 Å². The lowest BCUT2D eigenvalue weighted by molar-refractivity contribution is -0.123. The minimum atomic E-state index is -0.916. The number of carbonyl (C=O) groups is 3. The third-order valence-corrected chi connectivity index (χ3v) is 5.87. The van der Waals surface area contributed by atoms with E-state index in [1.807, 2.05) is 6.07 Å². The van der Waals surface area contributed by atoms with Gasteiger partial charge in [0.05, 0.1) is 0 Å². The van der Waals surface area contributed by atoms with E-state index in [4.69, 9.17) is 4.74 Å². The Balaban J connectivity index is 1.56. The monoisotopic (exact) mass is 400 g/mol. The number of thiophene rings is 1. The van der Waals surface area contributed by atoms with Crippen molar-refractivity contribution in [2.24, 2.45) is 5.92 Å². The first-order valence-corrected chi connectivity index (χ1v) is 10.1. The summed E-state index contributed by atoms with van der Waals surface area (Å²) in [5.74, 6) is -0.402. The van der Waals surface area contributed by atoms with Crippen molar-refractivity contribution in [1.29, 1.82) is 0 Å². The number of aryl methyl sites for hydroxylation is 1. The molecule has 28 heavy (non-hydrogen) atoms. The largest absolute Gasteiger partial charge is 0.448 e. The highest BCUT2D eigenvalue weighted by molar-refractivity contribution is 7.14. The molecular formula is C21H24N2O4S. The fraction of sp³-hybridized carbons (Fsp3) is 0.381. The van der Waals surface area contributed by atoms with E-state index in [1.165, 1.54) is 28.7 Å². The van der Waals surface area contributed by atoms with Gasteiger partial charge in [-0.15, -0.1) is 11.3 Å². The van der Waals surface area contributed by atoms with Crippen molar-refractivity contribution >= 4 is 40.5 Å². The van der Waals surface area contributed by atoms with Gasteiger partial charge in [0.15, 0.2) is 6.10 Å². The van der Waals surface area contributed by atoms with Crippen LogP contribution >= 0.6 is 11.3 Å². The van der Waals surface area contributed by atoms with Gasteiger partial charge in [0.1, 0.15) is 4.88 Å². The summed E-state index contributed by atoms with van der Waals surface area (Å²) < 4.78 is 5.35. The van der Waals surface area contributed by atoms with Crippen molar-refractivity contribution in [3.63, 3.8) is 0 Å². The molecule has 0 unspecified atom stereocenters. The van der Waals surface area contributed by atoms with Crippen LogP contribution in [0.2, 0.25) is 0 Å². The Kier molecular flexibility index (Phi) is 6.14. The van der Waals surface area contributed by atoms with Gasteiger partial charge < -0.3 is 15.4 Å². The van der Waals surface area contributed by atoms with E-state index >= 15 is 0 Å². The average molecular weight is 401 g/mol. The smallest absolute Gasteiger partial charge is 0.349 e. The van der Waals surface area contributed by atoms with Gasteiger partial charge in [-0.1, -0.05) is 6.92 Å². The number of amides is 2. The molecule has 1 aromatic heterocycles. The zero-order valence-electron chi connectivity index (χ0n) is 16.2. The summed E-state index contributed by atoms with van der Waals surface area (Å²) in [6.45, 7) is 5.19. The Morgan fingerprint density at radius 2 is 1.79 bits per heavy atom. The summed E-state index contributed by atoms with van der Waals surface area (Å²) in [4.78, 5) is 37.6. The number of hydrogen-bond acceptors (Lipinski definition) is 5. The third-order valence-electron chi connectivity index (χ3n) is 4.66. The van der Waals surface area contributed by atoms with Crippen molar-refractivity contribution in [3.05, 3.63) is 45.6 Å². The lowest BCUT2D eigenvalue weighted by Gasteiger charge is -2.16. The predicted molar refractivity (Wildman–Crippen MR) is 110 cm³/mol. The van der Waals surface area contributed by atoms with Crippen LogP contribution in [0.1, 0.15) is 47.3 Å². The molecule has 1 aliphatic carbocycles. The van der Waals surface area contributed by atoms with E-state index in [1.54, 1.807) is 31.2 Å². The van der Waals surface area contributed by atoms with Crippen molar-refractivity contribution in [2.75, 3.05) is 10.6 Å². The Morgan fingerprint density at radius 3 is 2.43 bits per heavy atom. The summed E-state index contributed by atoms with van der Waals surface area (Å²) in [5.41, 5.74) is 2.43. The molecule has 7 heteroatoms. The molecule has 0 radical (unpaired) electrons. The molecule has 3 rings (SSSR count). The Morgan fingerprint density at radius 1 is 1.14 bits per heavy atom. The zero-order chi connectivity index (χ0) is 20.3. The molecular weight excluding hydrogens is 376 g/mol. The van der Waals surface area contributed by atoms with E-state index in [2.05, 4.69) is 17.6 Å². The van der Waals surface area contributed by atoms with Crippen molar-refractivity contribution < 1.29 is 19.1 Å². The molecule has 2 aromatic rings. The maximum absolute atomic E-state index is 12.4. The molecule has 0 aliphatic heterocycles. The quantitative estimate of drug-likeness (QED) is 0.743. The Hall–Kier alpha value is -2.67. The van der Waals surface area contributed by atoms with Crippen LogP contribution in [0.4, 0.5) is 11.4 Å². The Labute approximate surface area is 168 Å². The van der Waals surface area contributed by atoms with Crippen LogP contribution in [-0.2, 0) is 27.2 Å². The maximum Gasteiger partial charge on any atom is 0.349 e. The van der Waals surface area contributed by atoms with Crippen LogP contribution in [-0.4, -0.2) is 23.9 Å². The molecule has 2 atom stereocenters. The molecule has 1 aliphatic rings. The van der Waals surface area contributed by atoms with Gasteiger partial charge >= 0.3 is 5.97 Å². The molecule has 1 aromatic carbocycles. The highest BCUT2D eigenvalue weighted by atomic mass is 32.1.